The number of fused-ring (bicyclic) bond motifs is 2. The molecule has 0 atom stereocenters. The van der Waals surface area contributed by atoms with Gasteiger partial charge in [0, 0.05) is 28.4 Å². The molecule has 0 spiro atoms. The molecule has 4 fully saturated rings. The van der Waals surface area contributed by atoms with Gasteiger partial charge in [-0.25, -0.2) is 0 Å². The number of benzene rings is 2. The molecule has 2 nitrogen and oxygen atoms in total. The Bertz CT molecular complexity index is 967. The van der Waals surface area contributed by atoms with Gasteiger partial charge in [-0.15, -0.1) is 0 Å². The van der Waals surface area contributed by atoms with Crippen LogP contribution in [0.15, 0.2) is 52.3 Å². The van der Waals surface area contributed by atoms with Crippen LogP contribution in [0.2, 0.25) is 0 Å². The van der Waals surface area contributed by atoms with Gasteiger partial charge in [-0.05, 0) is 86.6 Å². The van der Waals surface area contributed by atoms with Crippen molar-refractivity contribution in [1.82, 2.24) is 5.32 Å². The molecule has 6 heteroatoms. The molecule has 7 rings (SSSR count). The number of anilines is 2. The molecule has 1 heterocycles. The minimum Gasteiger partial charge on any atom is -0.338 e. The minimum absolute atomic E-state index is 0.259. The Labute approximate surface area is 185 Å². The predicted octanol–water partition coefficient (Wildman–Crippen LogP) is 6.87. The van der Waals surface area contributed by atoms with E-state index in [9.17, 15) is 13.2 Å². The standard InChI is InChI=1S/C25H27F3N2S/c26-25(27,28)19-5-6-23-21(12-19)30(20-3-1-2-4-22(20)31-23)8-7-29-24-13-16-9-17(14-24)11-18(10-16)15-24/h1-6,12,16-18,29H,7-11,13-15H2. The lowest BCUT2D eigenvalue weighted by Gasteiger charge is -2.57. The maximum absolute atomic E-state index is 13.4. The Morgan fingerprint density at radius 1 is 0.903 bits per heavy atom. The average molecular weight is 445 g/mol. The average Bonchev–Trinajstić information content (AvgIpc) is 2.71. The molecule has 4 aliphatic carbocycles. The molecule has 4 saturated carbocycles. The number of para-hydroxylation sites is 1. The summed E-state index contributed by atoms with van der Waals surface area (Å²) in [5.74, 6) is 2.63. The van der Waals surface area contributed by atoms with E-state index in [1.807, 2.05) is 18.2 Å². The monoisotopic (exact) mass is 444 g/mol. The van der Waals surface area contributed by atoms with Crippen LogP contribution in [0.5, 0.6) is 0 Å². The zero-order chi connectivity index (χ0) is 21.2. The van der Waals surface area contributed by atoms with E-state index in [-0.39, 0.29) is 5.54 Å². The summed E-state index contributed by atoms with van der Waals surface area (Å²) in [7, 11) is 0. The van der Waals surface area contributed by atoms with Crippen LogP contribution in [0.25, 0.3) is 0 Å². The van der Waals surface area contributed by atoms with Crippen molar-refractivity contribution in [2.45, 2.75) is 60.0 Å². The second kappa shape index (κ2) is 7.17. The molecule has 0 radical (unpaired) electrons. The Morgan fingerprint density at radius 3 is 2.23 bits per heavy atom. The predicted molar refractivity (Wildman–Crippen MR) is 118 cm³/mol. The molecule has 2 aromatic rings. The zero-order valence-electron chi connectivity index (χ0n) is 17.4. The first-order chi connectivity index (χ1) is 14.9. The van der Waals surface area contributed by atoms with Crippen molar-refractivity contribution in [3.63, 3.8) is 0 Å². The highest BCUT2D eigenvalue weighted by molar-refractivity contribution is 7.99. The molecule has 0 aromatic heterocycles. The Hall–Kier alpha value is -1.66. The smallest absolute Gasteiger partial charge is 0.338 e. The third kappa shape index (κ3) is 3.56. The van der Waals surface area contributed by atoms with E-state index >= 15 is 0 Å². The number of rotatable bonds is 4. The van der Waals surface area contributed by atoms with Gasteiger partial charge in [0.1, 0.15) is 0 Å². The van der Waals surface area contributed by atoms with Crippen molar-refractivity contribution in [1.29, 1.82) is 0 Å². The number of hydrogen-bond donors (Lipinski definition) is 1. The first kappa shape index (κ1) is 20.0. The van der Waals surface area contributed by atoms with Gasteiger partial charge in [0.05, 0.1) is 16.9 Å². The lowest BCUT2D eigenvalue weighted by molar-refractivity contribution is -0.137. The fourth-order valence-electron chi connectivity index (χ4n) is 7.01. The molecule has 4 bridgehead atoms. The van der Waals surface area contributed by atoms with Gasteiger partial charge < -0.3 is 10.2 Å². The minimum atomic E-state index is -4.33. The van der Waals surface area contributed by atoms with Gasteiger partial charge in [0.15, 0.2) is 0 Å². The largest absolute Gasteiger partial charge is 0.416 e. The maximum atomic E-state index is 13.4. The lowest BCUT2D eigenvalue weighted by Crippen LogP contribution is -2.59. The highest BCUT2D eigenvalue weighted by Crippen LogP contribution is 2.55. The summed E-state index contributed by atoms with van der Waals surface area (Å²) in [5.41, 5.74) is 1.36. The van der Waals surface area contributed by atoms with Crippen LogP contribution in [0, 0.1) is 17.8 Å². The van der Waals surface area contributed by atoms with E-state index in [4.69, 9.17) is 0 Å². The SMILES string of the molecule is FC(F)(F)c1ccc2c(c1)N(CCNC13CC4CC(CC(C4)C1)C3)c1ccccc1S2. The van der Waals surface area contributed by atoms with Crippen molar-refractivity contribution < 1.29 is 13.2 Å². The van der Waals surface area contributed by atoms with Crippen molar-refractivity contribution in [2.24, 2.45) is 17.8 Å². The molecule has 1 N–H and O–H groups in total. The van der Waals surface area contributed by atoms with Crippen LogP contribution in [0.1, 0.15) is 44.1 Å². The lowest BCUT2D eigenvalue weighted by atomic mass is 9.53. The van der Waals surface area contributed by atoms with Crippen LogP contribution in [-0.2, 0) is 6.18 Å². The second-order valence-corrected chi connectivity index (χ2v) is 11.1. The summed E-state index contributed by atoms with van der Waals surface area (Å²) in [6, 6.07) is 12.2. The molecule has 2 aromatic carbocycles. The van der Waals surface area contributed by atoms with E-state index < -0.39 is 11.7 Å². The molecule has 0 unspecified atom stereocenters. The number of alkyl halides is 3. The second-order valence-electron chi connectivity index (χ2n) is 10.0. The molecule has 0 saturated heterocycles. The van der Waals surface area contributed by atoms with Crippen LogP contribution in [-0.4, -0.2) is 18.6 Å². The van der Waals surface area contributed by atoms with Crippen molar-refractivity contribution in [2.75, 3.05) is 18.0 Å². The Kier molecular flexibility index (Phi) is 4.62. The third-order valence-electron chi connectivity index (χ3n) is 7.83. The van der Waals surface area contributed by atoms with Crippen LogP contribution in [0.4, 0.5) is 24.5 Å². The fourth-order valence-corrected chi connectivity index (χ4v) is 8.08. The maximum Gasteiger partial charge on any atom is 0.416 e. The van der Waals surface area contributed by atoms with Gasteiger partial charge in [0.2, 0.25) is 0 Å². The third-order valence-corrected chi connectivity index (χ3v) is 8.96. The molecule has 164 valence electrons. The molecule has 5 aliphatic rings. The van der Waals surface area contributed by atoms with Gasteiger partial charge in [-0.1, -0.05) is 23.9 Å². The number of halogens is 3. The summed E-state index contributed by atoms with van der Waals surface area (Å²) in [6.45, 7) is 1.47. The molecule has 0 amide bonds. The zero-order valence-corrected chi connectivity index (χ0v) is 18.2. The van der Waals surface area contributed by atoms with Crippen molar-refractivity contribution in [3.05, 3.63) is 48.0 Å². The van der Waals surface area contributed by atoms with Gasteiger partial charge >= 0.3 is 6.18 Å². The van der Waals surface area contributed by atoms with Crippen molar-refractivity contribution in [3.8, 4) is 0 Å². The number of nitrogens with zero attached hydrogens (tertiary/aromatic N) is 1. The quantitative estimate of drug-likeness (QED) is 0.554. The van der Waals surface area contributed by atoms with E-state index in [1.54, 1.807) is 17.8 Å². The van der Waals surface area contributed by atoms with Crippen molar-refractivity contribution >= 4 is 23.1 Å². The number of hydrogen-bond acceptors (Lipinski definition) is 3. The van der Waals surface area contributed by atoms with Gasteiger partial charge in [0.25, 0.3) is 0 Å². The first-order valence-electron chi connectivity index (χ1n) is 11.4. The normalized spacial score (nSPS) is 30.9. The Balaban J connectivity index is 1.26. The van der Waals surface area contributed by atoms with E-state index in [0.717, 1.165) is 39.8 Å². The highest BCUT2D eigenvalue weighted by Gasteiger charge is 2.50. The molecule has 1 aliphatic heterocycles. The van der Waals surface area contributed by atoms with E-state index in [2.05, 4.69) is 16.3 Å². The van der Waals surface area contributed by atoms with Gasteiger partial charge in [-0.3, -0.25) is 0 Å². The first-order valence-corrected chi connectivity index (χ1v) is 12.2. The fraction of sp³-hybridized carbons (Fsp3) is 0.520. The molecular formula is C25H27F3N2S. The topological polar surface area (TPSA) is 15.3 Å². The summed E-state index contributed by atoms with van der Waals surface area (Å²) in [6.07, 6.45) is 3.72. The van der Waals surface area contributed by atoms with Crippen LogP contribution >= 0.6 is 11.8 Å². The van der Waals surface area contributed by atoms with Crippen LogP contribution in [0.3, 0.4) is 0 Å². The van der Waals surface area contributed by atoms with Crippen LogP contribution < -0.4 is 10.2 Å². The van der Waals surface area contributed by atoms with Gasteiger partial charge in [-0.2, -0.15) is 13.2 Å². The molecular weight excluding hydrogens is 417 g/mol. The summed E-state index contributed by atoms with van der Waals surface area (Å²) in [4.78, 5) is 4.08. The van der Waals surface area contributed by atoms with E-state index in [1.165, 1.54) is 50.7 Å². The highest BCUT2D eigenvalue weighted by atomic mass is 32.2. The summed E-state index contributed by atoms with van der Waals surface area (Å²) < 4.78 is 40.3. The van der Waals surface area contributed by atoms with E-state index in [0.29, 0.717) is 12.2 Å². The molecule has 31 heavy (non-hydrogen) atoms. The Morgan fingerprint density at radius 2 is 1.55 bits per heavy atom. The summed E-state index contributed by atoms with van der Waals surface area (Å²) >= 11 is 1.56. The summed E-state index contributed by atoms with van der Waals surface area (Å²) in [5, 5.41) is 3.91. The number of nitrogens with one attached hydrogen (secondary N) is 1.